The largest absolute Gasteiger partial charge is 0.474 e. The van der Waals surface area contributed by atoms with Gasteiger partial charge in [0.15, 0.2) is 0 Å². The summed E-state index contributed by atoms with van der Waals surface area (Å²) in [6.07, 6.45) is 5.28. The predicted octanol–water partition coefficient (Wildman–Crippen LogP) is 3.15. The first-order valence-corrected chi connectivity index (χ1v) is 6.50. The Balaban J connectivity index is 1.93. The van der Waals surface area contributed by atoms with Crippen LogP contribution in [0.2, 0.25) is 0 Å². The third-order valence-electron chi connectivity index (χ3n) is 3.40. The number of pyridine rings is 1. The molecule has 0 amide bonds. The maximum Gasteiger partial charge on any atom is 0.213 e. The Morgan fingerprint density at radius 1 is 1.41 bits per heavy atom. The molecule has 1 aliphatic heterocycles. The average molecular weight is 235 g/mol. The minimum Gasteiger partial charge on any atom is -0.474 e. The van der Waals surface area contributed by atoms with E-state index in [0.29, 0.717) is 5.92 Å². The van der Waals surface area contributed by atoms with E-state index in [-0.39, 0.29) is 6.10 Å². The third kappa shape index (κ3) is 3.43. The first-order valence-electron chi connectivity index (χ1n) is 6.50. The van der Waals surface area contributed by atoms with Crippen molar-refractivity contribution < 1.29 is 9.47 Å². The molecule has 3 heteroatoms. The summed E-state index contributed by atoms with van der Waals surface area (Å²) in [5.74, 6) is 1.31. The molecule has 0 aliphatic carbocycles. The number of hydrogen-bond acceptors (Lipinski definition) is 3. The van der Waals surface area contributed by atoms with Crippen LogP contribution in [0, 0.1) is 0 Å². The molecule has 0 saturated carbocycles. The van der Waals surface area contributed by atoms with Crippen LogP contribution in [-0.4, -0.2) is 24.3 Å². The quantitative estimate of drug-likeness (QED) is 0.803. The van der Waals surface area contributed by atoms with E-state index < -0.39 is 0 Å². The van der Waals surface area contributed by atoms with Crippen molar-refractivity contribution in [1.82, 2.24) is 4.98 Å². The highest BCUT2D eigenvalue weighted by Crippen LogP contribution is 2.21. The highest BCUT2D eigenvalue weighted by atomic mass is 16.5. The molecule has 1 aromatic rings. The van der Waals surface area contributed by atoms with Gasteiger partial charge in [0.2, 0.25) is 5.88 Å². The van der Waals surface area contributed by atoms with Crippen LogP contribution in [-0.2, 0) is 4.74 Å². The molecule has 0 bridgehead atoms. The normalized spacial score (nSPS) is 18.9. The maximum absolute atomic E-state index is 5.83. The second-order valence-corrected chi connectivity index (χ2v) is 4.67. The van der Waals surface area contributed by atoms with Crippen LogP contribution in [0.25, 0.3) is 0 Å². The zero-order valence-electron chi connectivity index (χ0n) is 10.7. The summed E-state index contributed by atoms with van der Waals surface area (Å²) in [4.78, 5) is 4.38. The summed E-state index contributed by atoms with van der Waals surface area (Å²) in [6.45, 7) is 6.01. The Hall–Kier alpha value is -1.09. The maximum atomic E-state index is 5.83. The first-order chi connectivity index (χ1) is 8.29. The van der Waals surface area contributed by atoms with Crippen LogP contribution >= 0.6 is 0 Å². The second-order valence-electron chi connectivity index (χ2n) is 4.67. The molecule has 0 radical (unpaired) electrons. The molecule has 1 unspecified atom stereocenters. The van der Waals surface area contributed by atoms with E-state index in [2.05, 4.69) is 24.9 Å². The summed E-state index contributed by atoms with van der Waals surface area (Å²) >= 11 is 0. The van der Waals surface area contributed by atoms with Crippen molar-refractivity contribution in [3.8, 4) is 5.88 Å². The highest BCUT2D eigenvalue weighted by Gasteiger charge is 2.15. The minimum absolute atomic E-state index is 0.269. The molecule has 17 heavy (non-hydrogen) atoms. The van der Waals surface area contributed by atoms with Gasteiger partial charge in [-0.2, -0.15) is 0 Å². The van der Waals surface area contributed by atoms with E-state index in [1.165, 1.54) is 5.56 Å². The average Bonchev–Trinajstić information content (AvgIpc) is 2.40. The molecule has 94 valence electrons. The Kier molecular flexibility index (Phi) is 4.37. The molecule has 3 nitrogen and oxygen atoms in total. The Labute approximate surface area is 103 Å². The summed E-state index contributed by atoms with van der Waals surface area (Å²) in [6, 6.07) is 4.10. The lowest BCUT2D eigenvalue weighted by molar-refractivity contribution is 0.0237. The van der Waals surface area contributed by atoms with E-state index in [0.717, 1.165) is 38.4 Å². The van der Waals surface area contributed by atoms with Gasteiger partial charge in [-0.05, 0) is 17.9 Å². The van der Waals surface area contributed by atoms with Gasteiger partial charge in [-0.3, -0.25) is 0 Å². The van der Waals surface area contributed by atoms with Crippen LogP contribution in [0.5, 0.6) is 5.88 Å². The van der Waals surface area contributed by atoms with Crippen molar-refractivity contribution in [2.24, 2.45) is 0 Å². The fraction of sp³-hybridized carbons (Fsp3) is 0.643. The van der Waals surface area contributed by atoms with Gasteiger partial charge in [0.05, 0.1) is 13.2 Å². The minimum atomic E-state index is 0.269. The number of rotatable bonds is 4. The van der Waals surface area contributed by atoms with E-state index in [1.54, 1.807) is 0 Å². The van der Waals surface area contributed by atoms with Gasteiger partial charge in [0.1, 0.15) is 6.10 Å². The molecule has 0 aromatic carbocycles. The molecule has 1 atom stereocenters. The SMILES string of the molecule is CCC(C)c1ccc(OC2CCOCC2)nc1. The highest BCUT2D eigenvalue weighted by molar-refractivity contribution is 5.20. The van der Waals surface area contributed by atoms with Crippen molar-refractivity contribution in [1.29, 1.82) is 0 Å². The van der Waals surface area contributed by atoms with Crippen molar-refractivity contribution in [3.05, 3.63) is 23.9 Å². The van der Waals surface area contributed by atoms with Crippen LogP contribution in [0.15, 0.2) is 18.3 Å². The first kappa shape index (κ1) is 12.4. The zero-order valence-corrected chi connectivity index (χ0v) is 10.7. The lowest BCUT2D eigenvalue weighted by Crippen LogP contribution is -2.26. The monoisotopic (exact) mass is 235 g/mol. The van der Waals surface area contributed by atoms with E-state index in [4.69, 9.17) is 9.47 Å². The van der Waals surface area contributed by atoms with Gasteiger partial charge in [0.25, 0.3) is 0 Å². The van der Waals surface area contributed by atoms with Crippen LogP contribution < -0.4 is 4.74 Å². The Bertz CT molecular complexity index is 331. The Morgan fingerprint density at radius 3 is 2.76 bits per heavy atom. The Morgan fingerprint density at radius 2 is 2.18 bits per heavy atom. The second kappa shape index (κ2) is 6.01. The molecular formula is C14H21NO2. The van der Waals surface area contributed by atoms with Crippen molar-refractivity contribution in [2.45, 2.75) is 45.1 Å². The smallest absolute Gasteiger partial charge is 0.213 e. The molecule has 1 fully saturated rings. The fourth-order valence-electron chi connectivity index (χ4n) is 1.95. The summed E-state index contributed by atoms with van der Waals surface area (Å²) in [5.41, 5.74) is 1.28. The van der Waals surface area contributed by atoms with Gasteiger partial charge < -0.3 is 9.47 Å². The van der Waals surface area contributed by atoms with Gasteiger partial charge >= 0.3 is 0 Å². The molecule has 2 rings (SSSR count). The van der Waals surface area contributed by atoms with E-state index >= 15 is 0 Å². The van der Waals surface area contributed by atoms with Crippen LogP contribution in [0.3, 0.4) is 0 Å². The van der Waals surface area contributed by atoms with Crippen molar-refractivity contribution in [2.75, 3.05) is 13.2 Å². The van der Waals surface area contributed by atoms with Crippen molar-refractivity contribution in [3.63, 3.8) is 0 Å². The molecule has 0 spiro atoms. The predicted molar refractivity (Wildman–Crippen MR) is 67.4 cm³/mol. The topological polar surface area (TPSA) is 31.4 Å². The van der Waals surface area contributed by atoms with E-state index in [9.17, 15) is 0 Å². The van der Waals surface area contributed by atoms with Crippen molar-refractivity contribution >= 4 is 0 Å². The standard InChI is InChI=1S/C14H21NO2/c1-3-11(2)12-4-5-14(15-10-12)17-13-6-8-16-9-7-13/h4-5,10-11,13H,3,6-9H2,1-2H3. The number of hydrogen-bond donors (Lipinski definition) is 0. The molecular weight excluding hydrogens is 214 g/mol. The van der Waals surface area contributed by atoms with Crippen LogP contribution in [0.4, 0.5) is 0 Å². The van der Waals surface area contributed by atoms with E-state index in [1.807, 2.05) is 12.3 Å². The number of ether oxygens (including phenoxy) is 2. The molecule has 1 aliphatic rings. The third-order valence-corrected chi connectivity index (χ3v) is 3.40. The number of nitrogens with zero attached hydrogens (tertiary/aromatic N) is 1. The lowest BCUT2D eigenvalue weighted by Gasteiger charge is -2.22. The zero-order chi connectivity index (χ0) is 12.1. The number of aromatic nitrogens is 1. The van der Waals surface area contributed by atoms with Gasteiger partial charge in [-0.25, -0.2) is 4.98 Å². The van der Waals surface area contributed by atoms with Gasteiger partial charge in [-0.15, -0.1) is 0 Å². The molecule has 2 heterocycles. The molecule has 1 saturated heterocycles. The van der Waals surface area contributed by atoms with Gasteiger partial charge in [0, 0.05) is 25.1 Å². The van der Waals surface area contributed by atoms with Crippen LogP contribution in [0.1, 0.15) is 44.6 Å². The summed E-state index contributed by atoms with van der Waals surface area (Å²) in [7, 11) is 0. The summed E-state index contributed by atoms with van der Waals surface area (Å²) < 4.78 is 11.1. The summed E-state index contributed by atoms with van der Waals surface area (Å²) in [5, 5.41) is 0. The fourth-order valence-corrected chi connectivity index (χ4v) is 1.95. The lowest BCUT2D eigenvalue weighted by atomic mass is 10.0. The molecule has 1 aromatic heterocycles. The molecule has 0 N–H and O–H groups in total. The van der Waals surface area contributed by atoms with Gasteiger partial charge in [-0.1, -0.05) is 19.9 Å².